The van der Waals surface area contributed by atoms with Crippen LogP contribution in [0, 0.1) is 0 Å². The first-order valence-electron chi connectivity index (χ1n) is 5.75. The maximum absolute atomic E-state index is 11.6. The smallest absolute Gasteiger partial charge is 0.266 e. The highest BCUT2D eigenvalue weighted by Gasteiger charge is 2.24. The van der Waals surface area contributed by atoms with E-state index in [4.69, 9.17) is 5.73 Å². The lowest BCUT2D eigenvalue weighted by molar-refractivity contribution is -0.114. The number of pyridine rings is 1. The van der Waals surface area contributed by atoms with E-state index in [1.807, 2.05) is 42.5 Å². The molecule has 0 bridgehead atoms. The van der Waals surface area contributed by atoms with Crippen LogP contribution in [0.25, 0.3) is 6.08 Å². The highest BCUT2D eigenvalue weighted by molar-refractivity contribution is 8.01. The van der Waals surface area contributed by atoms with Crippen LogP contribution in [-0.4, -0.2) is 10.9 Å². The molecule has 0 saturated carbocycles. The van der Waals surface area contributed by atoms with Crippen molar-refractivity contribution in [2.75, 3.05) is 4.31 Å². The van der Waals surface area contributed by atoms with Gasteiger partial charge in [0, 0.05) is 11.1 Å². The molecule has 2 heterocycles. The van der Waals surface area contributed by atoms with Crippen LogP contribution in [0.2, 0.25) is 0 Å². The first kappa shape index (κ1) is 11.8. The second kappa shape index (κ2) is 4.78. The summed E-state index contributed by atoms with van der Waals surface area (Å²) in [5.41, 5.74) is 6.89. The molecule has 0 unspecified atom stereocenters. The monoisotopic (exact) mass is 269 g/mol. The van der Waals surface area contributed by atoms with Gasteiger partial charge in [0.25, 0.3) is 5.91 Å². The highest BCUT2D eigenvalue weighted by atomic mass is 32.2. The molecular formula is C14H11N3OS. The van der Waals surface area contributed by atoms with Crippen molar-refractivity contribution >= 4 is 29.7 Å². The molecule has 0 atom stereocenters. The molecule has 1 aliphatic heterocycles. The summed E-state index contributed by atoms with van der Waals surface area (Å²) in [4.78, 5) is 17.0. The zero-order valence-corrected chi connectivity index (χ0v) is 10.8. The van der Waals surface area contributed by atoms with Crippen molar-refractivity contribution in [2.45, 2.75) is 4.90 Å². The minimum atomic E-state index is -0.465. The zero-order chi connectivity index (χ0) is 13.2. The van der Waals surface area contributed by atoms with Gasteiger partial charge in [-0.1, -0.05) is 24.3 Å². The number of amides is 1. The van der Waals surface area contributed by atoms with Gasteiger partial charge in [-0.05, 0) is 41.8 Å². The Morgan fingerprint density at radius 3 is 2.68 bits per heavy atom. The van der Waals surface area contributed by atoms with Crippen molar-refractivity contribution < 1.29 is 4.79 Å². The lowest BCUT2D eigenvalue weighted by atomic mass is 10.2. The molecule has 4 nitrogen and oxygen atoms in total. The molecule has 19 heavy (non-hydrogen) atoms. The Balaban J connectivity index is 2.10. The summed E-state index contributed by atoms with van der Waals surface area (Å²) in [6, 6.07) is 13.4. The molecule has 1 amide bonds. The standard InChI is InChI=1S/C14H11N3OS/c15-14(18)11-9-10-5-1-2-6-12(10)19-17(11)13-7-3-4-8-16-13/h1-9H,(H2,15,18). The lowest BCUT2D eigenvalue weighted by Crippen LogP contribution is -2.28. The first-order chi connectivity index (χ1) is 9.25. The number of hydrogen-bond donors (Lipinski definition) is 1. The third kappa shape index (κ3) is 2.20. The molecule has 5 heteroatoms. The number of nitrogens with zero attached hydrogens (tertiary/aromatic N) is 2. The highest BCUT2D eigenvalue weighted by Crippen LogP contribution is 2.38. The SMILES string of the molecule is NC(=O)C1=Cc2ccccc2SN1c1ccccn1. The van der Waals surface area contributed by atoms with Gasteiger partial charge in [0.05, 0.1) is 0 Å². The quantitative estimate of drug-likeness (QED) is 0.851. The van der Waals surface area contributed by atoms with Crippen LogP contribution in [-0.2, 0) is 4.79 Å². The number of anilines is 1. The Labute approximate surface area is 115 Å². The number of nitrogens with two attached hydrogens (primary N) is 1. The van der Waals surface area contributed by atoms with Crippen molar-refractivity contribution in [3.8, 4) is 0 Å². The van der Waals surface area contributed by atoms with E-state index in [-0.39, 0.29) is 0 Å². The second-order valence-corrected chi connectivity index (χ2v) is 4.99. The third-order valence-electron chi connectivity index (χ3n) is 2.73. The molecule has 1 aromatic heterocycles. The van der Waals surface area contributed by atoms with E-state index in [0.717, 1.165) is 10.5 Å². The molecule has 94 valence electrons. The zero-order valence-electron chi connectivity index (χ0n) is 9.98. The van der Waals surface area contributed by atoms with E-state index < -0.39 is 5.91 Å². The van der Waals surface area contributed by atoms with Gasteiger partial charge in [0.15, 0.2) is 0 Å². The van der Waals surface area contributed by atoms with E-state index in [1.165, 1.54) is 11.9 Å². The largest absolute Gasteiger partial charge is 0.364 e. The van der Waals surface area contributed by atoms with Crippen LogP contribution in [0.3, 0.4) is 0 Å². The Morgan fingerprint density at radius 1 is 1.16 bits per heavy atom. The van der Waals surface area contributed by atoms with Gasteiger partial charge < -0.3 is 5.73 Å². The Bertz CT molecular complexity index is 655. The minimum Gasteiger partial charge on any atom is -0.364 e. The van der Waals surface area contributed by atoms with Crippen LogP contribution in [0.4, 0.5) is 5.82 Å². The minimum absolute atomic E-state index is 0.433. The van der Waals surface area contributed by atoms with Crippen LogP contribution < -0.4 is 10.0 Å². The maximum atomic E-state index is 11.6. The van der Waals surface area contributed by atoms with Crippen molar-refractivity contribution in [3.63, 3.8) is 0 Å². The molecule has 2 N–H and O–H groups in total. The fraction of sp³-hybridized carbons (Fsp3) is 0. The number of primary amides is 1. The summed E-state index contributed by atoms with van der Waals surface area (Å²) in [6.45, 7) is 0. The molecule has 0 spiro atoms. The topological polar surface area (TPSA) is 59.2 Å². The van der Waals surface area contributed by atoms with Crippen molar-refractivity contribution in [3.05, 3.63) is 59.9 Å². The van der Waals surface area contributed by atoms with Gasteiger partial charge in [0.2, 0.25) is 0 Å². The fourth-order valence-electron chi connectivity index (χ4n) is 1.85. The Hall–Kier alpha value is -2.27. The van der Waals surface area contributed by atoms with Gasteiger partial charge in [-0.3, -0.25) is 9.10 Å². The van der Waals surface area contributed by atoms with Crippen molar-refractivity contribution in [1.29, 1.82) is 0 Å². The fourth-order valence-corrected chi connectivity index (χ4v) is 2.86. The van der Waals surface area contributed by atoms with Gasteiger partial charge in [0.1, 0.15) is 11.5 Å². The average Bonchev–Trinajstić information content (AvgIpc) is 2.46. The second-order valence-electron chi connectivity index (χ2n) is 4.01. The van der Waals surface area contributed by atoms with Crippen molar-refractivity contribution in [2.24, 2.45) is 5.73 Å². The predicted molar refractivity (Wildman–Crippen MR) is 76.2 cm³/mol. The van der Waals surface area contributed by atoms with Crippen molar-refractivity contribution in [1.82, 2.24) is 4.98 Å². The van der Waals surface area contributed by atoms with E-state index in [2.05, 4.69) is 4.98 Å². The van der Waals surface area contributed by atoms with E-state index in [1.54, 1.807) is 16.6 Å². The van der Waals surface area contributed by atoms with E-state index >= 15 is 0 Å². The summed E-state index contributed by atoms with van der Waals surface area (Å²) in [6.07, 6.45) is 3.48. The summed E-state index contributed by atoms with van der Waals surface area (Å²) in [5, 5.41) is 0. The number of benzene rings is 1. The van der Waals surface area contributed by atoms with Gasteiger partial charge in [-0.2, -0.15) is 0 Å². The molecule has 0 fully saturated rings. The molecule has 0 saturated heterocycles. The summed E-state index contributed by atoms with van der Waals surface area (Å²) < 4.78 is 1.75. The summed E-state index contributed by atoms with van der Waals surface area (Å²) >= 11 is 1.45. The van der Waals surface area contributed by atoms with E-state index in [9.17, 15) is 4.79 Å². The summed E-state index contributed by atoms with van der Waals surface area (Å²) in [7, 11) is 0. The van der Waals surface area contributed by atoms with E-state index in [0.29, 0.717) is 11.5 Å². The number of fused-ring (bicyclic) bond motifs is 1. The molecule has 1 aliphatic rings. The van der Waals surface area contributed by atoms with Gasteiger partial charge in [-0.25, -0.2) is 4.98 Å². The maximum Gasteiger partial charge on any atom is 0.266 e. The number of aromatic nitrogens is 1. The molecule has 0 aliphatic carbocycles. The Kier molecular flexibility index (Phi) is 2.97. The van der Waals surface area contributed by atoms with Crippen LogP contribution in [0.1, 0.15) is 5.56 Å². The first-order valence-corrected chi connectivity index (χ1v) is 6.53. The molecule has 1 aromatic carbocycles. The van der Waals surface area contributed by atoms with Crippen LogP contribution in [0.5, 0.6) is 0 Å². The number of carbonyl (C=O) groups excluding carboxylic acids is 1. The van der Waals surface area contributed by atoms with Crippen LogP contribution >= 0.6 is 11.9 Å². The number of rotatable bonds is 2. The Morgan fingerprint density at radius 2 is 1.95 bits per heavy atom. The summed E-state index contributed by atoms with van der Waals surface area (Å²) in [5.74, 6) is 0.222. The van der Waals surface area contributed by atoms with Gasteiger partial charge >= 0.3 is 0 Å². The normalized spacial score (nSPS) is 13.7. The third-order valence-corrected chi connectivity index (χ3v) is 3.86. The van der Waals surface area contributed by atoms with Crippen LogP contribution in [0.15, 0.2) is 59.3 Å². The lowest BCUT2D eigenvalue weighted by Gasteiger charge is -2.27. The number of hydrogen-bond acceptors (Lipinski definition) is 4. The predicted octanol–water partition coefficient (Wildman–Crippen LogP) is 2.44. The van der Waals surface area contributed by atoms with Gasteiger partial charge in [-0.15, -0.1) is 0 Å². The molecule has 2 aromatic rings. The average molecular weight is 269 g/mol. The molecule has 3 rings (SSSR count). The molecule has 0 radical (unpaired) electrons. The molecular weight excluding hydrogens is 258 g/mol. The number of carbonyl (C=O) groups is 1.